The van der Waals surface area contributed by atoms with E-state index in [9.17, 15) is 18.1 Å². The maximum Gasteiger partial charge on any atom is 0.414 e. The molecule has 0 aromatic carbocycles. The Morgan fingerprint density at radius 2 is 2.07 bits per heavy atom. The molecule has 27 heavy (non-hydrogen) atoms. The van der Waals surface area contributed by atoms with Crippen molar-refractivity contribution in [3.05, 3.63) is 30.1 Å². The lowest BCUT2D eigenvalue weighted by molar-refractivity contribution is -0.000140. The van der Waals surface area contributed by atoms with Crippen LogP contribution in [0.15, 0.2) is 35.0 Å². The Labute approximate surface area is 157 Å². The van der Waals surface area contributed by atoms with Crippen LogP contribution in [0.5, 0.6) is 5.88 Å². The normalized spacial score (nSPS) is 17.3. The third-order valence-electron chi connectivity index (χ3n) is 4.11. The molecule has 4 N–H and O–H groups in total. The first-order chi connectivity index (χ1) is 12.8. The molecule has 1 aliphatic rings. The van der Waals surface area contributed by atoms with Crippen LogP contribution in [0.25, 0.3) is 0 Å². The summed E-state index contributed by atoms with van der Waals surface area (Å²) in [6.07, 6.45) is 3.90. The van der Waals surface area contributed by atoms with Crippen molar-refractivity contribution in [2.24, 2.45) is 5.92 Å². The van der Waals surface area contributed by atoms with E-state index in [1.54, 1.807) is 0 Å². The Kier molecular flexibility index (Phi) is 6.86. The average molecular weight is 399 g/mol. The molecule has 2 heterocycles. The maximum atomic E-state index is 14.6. The number of carbonyl (C=O) groups is 1. The second-order valence-corrected chi connectivity index (χ2v) is 7.36. The molecule has 1 atom stereocenters. The number of alkyl halides is 2. The highest BCUT2D eigenvalue weighted by atomic mass is 32.2. The monoisotopic (exact) mass is 399 g/mol. The number of amides is 2. The molecule has 2 rings (SSSR count). The number of aromatic hydroxyl groups is 1. The molecule has 8 nitrogen and oxygen atoms in total. The minimum Gasteiger partial charge on any atom is -0.607 e. The third-order valence-corrected chi connectivity index (χ3v) is 5.61. The molecular formula is C16H19F2N5O3S. The Balaban J connectivity index is 1.98. The van der Waals surface area contributed by atoms with Gasteiger partial charge in [0, 0.05) is 37.7 Å². The zero-order chi connectivity index (χ0) is 20.0. The highest BCUT2D eigenvalue weighted by Crippen LogP contribution is 2.40. The predicted octanol–water partition coefficient (Wildman–Crippen LogP) is 2.09. The Hall–Kier alpha value is -2.53. The van der Waals surface area contributed by atoms with Gasteiger partial charge in [-0.1, -0.05) is 0 Å². The number of hydrogen-bond acceptors (Lipinski definition) is 6. The van der Waals surface area contributed by atoms with Gasteiger partial charge in [-0.2, -0.15) is 8.78 Å². The minimum atomic E-state index is -3.50. The van der Waals surface area contributed by atoms with Gasteiger partial charge >= 0.3 is 11.3 Å². The van der Waals surface area contributed by atoms with Gasteiger partial charge in [0.05, 0.1) is 29.0 Å². The number of halogens is 2. The lowest BCUT2D eigenvalue weighted by atomic mass is 9.97. The van der Waals surface area contributed by atoms with Gasteiger partial charge in [0.25, 0.3) is 0 Å². The van der Waals surface area contributed by atoms with Crippen molar-refractivity contribution in [2.75, 3.05) is 13.1 Å². The lowest BCUT2D eigenvalue weighted by Gasteiger charge is -2.35. The molecule has 1 aromatic heterocycles. The molecule has 0 radical (unpaired) electrons. The fourth-order valence-electron chi connectivity index (χ4n) is 2.63. The first-order valence-corrected chi connectivity index (χ1v) is 9.16. The number of nitrogens with zero attached hydrogens (tertiary/aromatic N) is 2. The fourth-order valence-corrected chi connectivity index (χ4v) is 3.82. The number of nitrogens with one attached hydrogen (secondary N) is 3. The SMILES string of the molecule is N=C/C=C(\C=N)NC(=O)N1CCC(C(F)(F)[S+]([O-])c2ccc(O)nc2)CC1. The molecule has 11 heteroatoms. The summed E-state index contributed by atoms with van der Waals surface area (Å²) >= 11 is -2.62. The van der Waals surface area contributed by atoms with Gasteiger partial charge in [-0.25, -0.2) is 9.78 Å². The van der Waals surface area contributed by atoms with Crippen molar-refractivity contribution in [3.8, 4) is 5.88 Å². The first kappa shape index (κ1) is 20.8. The number of aromatic nitrogens is 1. The summed E-state index contributed by atoms with van der Waals surface area (Å²) < 4.78 is 41.5. The molecule has 1 unspecified atom stereocenters. The van der Waals surface area contributed by atoms with Crippen molar-refractivity contribution in [1.29, 1.82) is 10.8 Å². The molecule has 0 saturated carbocycles. The quantitative estimate of drug-likeness (QED) is 0.430. The lowest BCUT2D eigenvalue weighted by Crippen LogP contribution is -2.48. The maximum absolute atomic E-state index is 14.6. The van der Waals surface area contributed by atoms with Gasteiger partial charge in [-0.05, 0) is 18.9 Å². The molecular weight excluding hydrogens is 380 g/mol. The highest BCUT2D eigenvalue weighted by molar-refractivity contribution is 7.92. The van der Waals surface area contributed by atoms with Crippen LogP contribution in [0.2, 0.25) is 0 Å². The number of carbonyl (C=O) groups excluding carboxylic acids is 1. The summed E-state index contributed by atoms with van der Waals surface area (Å²) in [5, 5.41) is 22.1. The molecule has 0 spiro atoms. The van der Waals surface area contributed by atoms with Gasteiger partial charge in [0.2, 0.25) is 5.88 Å². The Morgan fingerprint density at radius 1 is 1.41 bits per heavy atom. The first-order valence-electron chi connectivity index (χ1n) is 8.01. The van der Waals surface area contributed by atoms with Crippen molar-refractivity contribution >= 4 is 29.6 Å². The van der Waals surface area contributed by atoms with E-state index in [0.29, 0.717) is 0 Å². The zero-order valence-corrected chi connectivity index (χ0v) is 15.0. The van der Waals surface area contributed by atoms with Crippen molar-refractivity contribution in [2.45, 2.75) is 23.0 Å². The van der Waals surface area contributed by atoms with Crippen LogP contribution in [0.3, 0.4) is 0 Å². The van der Waals surface area contributed by atoms with Gasteiger partial charge in [-0.15, -0.1) is 0 Å². The minimum absolute atomic E-state index is 0.0358. The number of pyridine rings is 1. The van der Waals surface area contributed by atoms with E-state index in [0.717, 1.165) is 30.8 Å². The largest absolute Gasteiger partial charge is 0.607 e. The summed E-state index contributed by atoms with van der Waals surface area (Å²) in [5.41, 5.74) is 0.114. The van der Waals surface area contributed by atoms with Gasteiger partial charge in [0.15, 0.2) is 4.90 Å². The van der Waals surface area contributed by atoms with Gasteiger partial charge in [0.1, 0.15) is 0 Å². The van der Waals surface area contributed by atoms with Crippen LogP contribution in [0.4, 0.5) is 13.6 Å². The molecule has 1 aromatic rings. The van der Waals surface area contributed by atoms with Crippen molar-refractivity contribution < 1.29 is 23.2 Å². The van der Waals surface area contributed by atoms with Crippen molar-refractivity contribution in [3.63, 3.8) is 0 Å². The van der Waals surface area contributed by atoms with E-state index in [1.807, 2.05) is 0 Å². The Bertz CT molecular complexity index is 721. The van der Waals surface area contributed by atoms with Gasteiger partial charge in [-0.3, -0.25) is 0 Å². The summed E-state index contributed by atoms with van der Waals surface area (Å²) in [6.45, 7) is 0.0972. The van der Waals surface area contributed by atoms with Crippen LogP contribution in [-0.4, -0.2) is 56.3 Å². The number of urea groups is 1. The van der Waals surface area contributed by atoms with E-state index >= 15 is 0 Å². The van der Waals surface area contributed by atoms with Gasteiger partial charge < -0.3 is 30.7 Å². The number of likely N-dealkylation sites (tertiary alicyclic amines) is 1. The van der Waals surface area contributed by atoms with E-state index < -0.39 is 28.4 Å². The molecule has 1 saturated heterocycles. The Morgan fingerprint density at radius 3 is 2.59 bits per heavy atom. The van der Waals surface area contributed by atoms with E-state index in [-0.39, 0.29) is 42.4 Å². The molecule has 1 aliphatic heterocycles. The smallest absolute Gasteiger partial charge is 0.414 e. The van der Waals surface area contributed by atoms with E-state index in [2.05, 4.69) is 10.3 Å². The molecule has 2 amide bonds. The number of allylic oxidation sites excluding steroid dienone is 2. The third kappa shape index (κ3) is 5.01. The van der Waals surface area contributed by atoms with E-state index in [4.69, 9.17) is 15.9 Å². The molecule has 146 valence electrons. The van der Waals surface area contributed by atoms with Crippen molar-refractivity contribution in [1.82, 2.24) is 15.2 Å². The number of hydrogen-bond donors (Lipinski definition) is 4. The zero-order valence-electron chi connectivity index (χ0n) is 14.2. The molecule has 0 aliphatic carbocycles. The summed E-state index contributed by atoms with van der Waals surface area (Å²) in [7, 11) is 0. The second kappa shape index (κ2) is 8.91. The van der Waals surface area contributed by atoms with Crippen LogP contribution in [0, 0.1) is 16.7 Å². The predicted molar refractivity (Wildman–Crippen MR) is 95.7 cm³/mol. The van der Waals surface area contributed by atoms with Crippen LogP contribution in [0.1, 0.15) is 12.8 Å². The highest BCUT2D eigenvalue weighted by Gasteiger charge is 2.53. The molecule has 1 fully saturated rings. The fraction of sp³-hybridized carbons (Fsp3) is 0.375. The topological polar surface area (TPSA) is 136 Å². The van der Waals surface area contributed by atoms with Crippen LogP contribution < -0.4 is 5.32 Å². The average Bonchev–Trinajstić information content (AvgIpc) is 2.67. The summed E-state index contributed by atoms with van der Waals surface area (Å²) in [6, 6.07) is 1.69. The molecule has 0 bridgehead atoms. The number of piperidine rings is 1. The summed E-state index contributed by atoms with van der Waals surface area (Å²) in [5.74, 6) is -1.52. The van der Waals surface area contributed by atoms with Crippen LogP contribution in [-0.2, 0) is 11.2 Å². The number of rotatable bonds is 6. The standard InChI is InChI=1S/C16H19F2N5O3S/c17-16(18,27(26)13-1-2-14(24)21-10-13)11-4-7-23(8-5-11)15(25)22-12(9-20)3-6-19/h1-3,6,9-11,19-20H,4-5,7-8H2,(H,21,24)(H,22,25)/b12-3+,19-6?,20-9?. The summed E-state index contributed by atoms with van der Waals surface area (Å²) in [4.78, 5) is 16.7. The second-order valence-electron chi connectivity index (χ2n) is 5.81. The van der Waals surface area contributed by atoms with E-state index in [1.165, 1.54) is 11.0 Å². The van der Waals surface area contributed by atoms with Crippen LogP contribution >= 0.6 is 0 Å².